The molecule has 0 atom stereocenters. The summed E-state index contributed by atoms with van der Waals surface area (Å²) in [7, 11) is 0. The minimum Gasteiger partial charge on any atom is -0.399 e. The van der Waals surface area contributed by atoms with Crippen LogP contribution < -0.4 is 11.5 Å². The Morgan fingerprint density at radius 3 is 2.29 bits per heavy atom. The molecule has 2 aromatic carbocycles. The van der Waals surface area contributed by atoms with E-state index in [9.17, 15) is 10.1 Å². The van der Waals surface area contributed by atoms with E-state index in [1.165, 1.54) is 4.68 Å². The smallest absolute Gasteiger partial charge is 0.214 e. The molecule has 6 nitrogen and oxygen atoms in total. The summed E-state index contributed by atoms with van der Waals surface area (Å²) in [6.45, 7) is 0. The van der Waals surface area contributed by atoms with Gasteiger partial charge in [0.2, 0.25) is 5.78 Å². The van der Waals surface area contributed by atoms with E-state index in [2.05, 4.69) is 5.10 Å². The van der Waals surface area contributed by atoms with Gasteiger partial charge in [-0.2, -0.15) is 10.4 Å². The standard InChI is InChI=1S/C17H12ClN5O/c18-11-3-7-13(8-4-11)23-17(21)14(9-19)15(22-23)16(24)10-1-5-12(20)6-2-10/h1-8H,20-21H2. The highest BCUT2D eigenvalue weighted by molar-refractivity contribution is 6.30. The Kier molecular flexibility index (Phi) is 3.94. The largest absolute Gasteiger partial charge is 0.399 e. The molecule has 0 bridgehead atoms. The Balaban J connectivity index is 2.10. The van der Waals surface area contributed by atoms with E-state index < -0.39 is 5.78 Å². The van der Waals surface area contributed by atoms with Crippen LogP contribution in [0.4, 0.5) is 11.5 Å². The summed E-state index contributed by atoms with van der Waals surface area (Å²) in [5, 5.41) is 14.1. The van der Waals surface area contributed by atoms with Gasteiger partial charge in [0.15, 0.2) is 5.69 Å². The molecule has 0 amide bonds. The van der Waals surface area contributed by atoms with Crippen molar-refractivity contribution in [2.75, 3.05) is 11.5 Å². The van der Waals surface area contributed by atoms with Crippen LogP contribution in [-0.4, -0.2) is 15.6 Å². The summed E-state index contributed by atoms with van der Waals surface area (Å²) in [6, 6.07) is 15.1. The molecular formula is C17H12ClN5O. The number of hydrogen-bond acceptors (Lipinski definition) is 5. The van der Waals surface area contributed by atoms with Crippen molar-refractivity contribution in [2.24, 2.45) is 0 Å². The second kappa shape index (κ2) is 6.07. The number of nitrogens with two attached hydrogens (primary N) is 2. The van der Waals surface area contributed by atoms with Gasteiger partial charge >= 0.3 is 0 Å². The van der Waals surface area contributed by atoms with Crippen molar-refractivity contribution in [3.63, 3.8) is 0 Å². The van der Waals surface area contributed by atoms with Crippen molar-refractivity contribution in [1.82, 2.24) is 9.78 Å². The highest BCUT2D eigenvalue weighted by atomic mass is 35.5. The number of benzene rings is 2. The van der Waals surface area contributed by atoms with Crippen molar-refractivity contribution >= 4 is 28.9 Å². The topological polar surface area (TPSA) is 111 Å². The van der Waals surface area contributed by atoms with Gasteiger partial charge in [-0.3, -0.25) is 4.79 Å². The van der Waals surface area contributed by atoms with Gasteiger partial charge in [0.1, 0.15) is 17.5 Å². The maximum Gasteiger partial charge on any atom is 0.214 e. The van der Waals surface area contributed by atoms with E-state index in [4.69, 9.17) is 23.1 Å². The van der Waals surface area contributed by atoms with Crippen molar-refractivity contribution < 1.29 is 4.79 Å². The quantitative estimate of drug-likeness (QED) is 0.564. The zero-order valence-corrected chi connectivity index (χ0v) is 13.2. The van der Waals surface area contributed by atoms with Gasteiger partial charge in [-0.15, -0.1) is 0 Å². The van der Waals surface area contributed by atoms with Crippen molar-refractivity contribution in [1.29, 1.82) is 5.26 Å². The SMILES string of the molecule is N#Cc1c(C(=O)c2ccc(N)cc2)nn(-c2ccc(Cl)cc2)c1N. The number of nitriles is 1. The molecule has 0 saturated heterocycles. The average Bonchev–Trinajstić information content (AvgIpc) is 2.92. The molecular weight excluding hydrogens is 326 g/mol. The number of nitrogens with zero attached hydrogens (tertiary/aromatic N) is 3. The minimum absolute atomic E-state index is 0.00489. The molecule has 24 heavy (non-hydrogen) atoms. The van der Waals surface area contributed by atoms with Crippen LogP contribution in [-0.2, 0) is 0 Å². The number of ketones is 1. The van der Waals surface area contributed by atoms with Crippen LogP contribution in [0, 0.1) is 11.3 Å². The Morgan fingerprint density at radius 1 is 1.08 bits per heavy atom. The third kappa shape index (κ3) is 2.69. The van der Waals surface area contributed by atoms with Crippen LogP contribution in [0.3, 0.4) is 0 Å². The number of anilines is 2. The summed E-state index contributed by atoms with van der Waals surface area (Å²) < 4.78 is 1.35. The minimum atomic E-state index is -0.397. The lowest BCUT2D eigenvalue weighted by Crippen LogP contribution is -2.05. The van der Waals surface area contributed by atoms with Crippen LogP contribution in [0.1, 0.15) is 21.6 Å². The Labute approximate surface area is 142 Å². The van der Waals surface area contributed by atoms with Gasteiger partial charge in [-0.05, 0) is 48.5 Å². The van der Waals surface area contributed by atoms with Crippen LogP contribution in [0.2, 0.25) is 5.02 Å². The predicted molar refractivity (Wildman–Crippen MR) is 92.0 cm³/mol. The maximum atomic E-state index is 12.6. The van der Waals surface area contributed by atoms with Crippen LogP contribution in [0.25, 0.3) is 5.69 Å². The second-order valence-corrected chi connectivity index (χ2v) is 5.50. The summed E-state index contributed by atoms with van der Waals surface area (Å²) in [5.74, 6) is -0.301. The molecule has 0 spiro atoms. The first-order valence-corrected chi connectivity index (χ1v) is 7.34. The van der Waals surface area contributed by atoms with Gasteiger partial charge in [-0.1, -0.05) is 11.6 Å². The molecule has 0 aliphatic heterocycles. The van der Waals surface area contributed by atoms with Gasteiger partial charge in [0.25, 0.3) is 0 Å². The summed E-state index contributed by atoms with van der Waals surface area (Å²) >= 11 is 5.87. The van der Waals surface area contributed by atoms with Crippen LogP contribution in [0.15, 0.2) is 48.5 Å². The average molecular weight is 338 g/mol. The fourth-order valence-corrected chi connectivity index (χ4v) is 2.38. The normalized spacial score (nSPS) is 10.3. The molecule has 0 saturated carbocycles. The molecule has 3 rings (SSSR count). The number of carbonyl (C=O) groups is 1. The Bertz CT molecular complexity index is 952. The highest BCUT2D eigenvalue weighted by Gasteiger charge is 2.23. The molecule has 118 valence electrons. The molecule has 0 radical (unpaired) electrons. The van der Waals surface area contributed by atoms with Gasteiger partial charge in [0, 0.05) is 16.3 Å². The van der Waals surface area contributed by atoms with Crippen LogP contribution >= 0.6 is 11.6 Å². The third-order valence-corrected chi connectivity index (χ3v) is 3.74. The predicted octanol–water partition coefficient (Wildman–Crippen LogP) is 2.79. The molecule has 0 aliphatic rings. The number of aromatic nitrogens is 2. The van der Waals surface area contributed by atoms with Gasteiger partial charge in [0.05, 0.1) is 5.69 Å². The molecule has 3 aromatic rings. The van der Waals surface area contributed by atoms with Gasteiger partial charge in [-0.25, -0.2) is 4.68 Å². The third-order valence-electron chi connectivity index (χ3n) is 3.49. The van der Waals surface area contributed by atoms with Crippen molar-refractivity contribution in [3.8, 4) is 11.8 Å². The lowest BCUT2D eigenvalue weighted by molar-refractivity contribution is 0.103. The Morgan fingerprint density at radius 2 is 1.71 bits per heavy atom. The fraction of sp³-hybridized carbons (Fsp3) is 0. The molecule has 1 aromatic heterocycles. The lowest BCUT2D eigenvalue weighted by Gasteiger charge is -2.03. The summed E-state index contributed by atoms with van der Waals surface area (Å²) in [5.41, 5.74) is 13.2. The Hall–Kier alpha value is -3.30. The zero-order chi connectivity index (χ0) is 17.3. The lowest BCUT2D eigenvalue weighted by atomic mass is 10.1. The van der Waals surface area contributed by atoms with E-state index >= 15 is 0 Å². The molecule has 1 heterocycles. The van der Waals surface area contributed by atoms with Crippen LogP contribution in [0.5, 0.6) is 0 Å². The molecule has 0 fully saturated rings. The van der Waals surface area contributed by atoms with E-state index in [0.29, 0.717) is 22.0 Å². The maximum absolute atomic E-state index is 12.6. The summed E-state index contributed by atoms with van der Waals surface area (Å²) in [6.07, 6.45) is 0. The van der Waals surface area contributed by atoms with E-state index in [1.807, 2.05) is 6.07 Å². The zero-order valence-electron chi connectivity index (χ0n) is 12.4. The number of hydrogen-bond donors (Lipinski definition) is 2. The second-order valence-electron chi connectivity index (χ2n) is 5.06. The van der Waals surface area contributed by atoms with Gasteiger partial charge < -0.3 is 11.5 Å². The number of carbonyl (C=O) groups excluding carboxylic acids is 1. The first-order chi connectivity index (χ1) is 11.5. The number of halogens is 1. The number of rotatable bonds is 3. The summed E-state index contributed by atoms with van der Waals surface area (Å²) in [4.78, 5) is 12.6. The monoisotopic (exact) mass is 337 g/mol. The first kappa shape index (κ1) is 15.6. The van der Waals surface area contributed by atoms with E-state index in [1.54, 1.807) is 48.5 Å². The molecule has 4 N–H and O–H groups in total. The highest BCUT2D eigenvalue weighted by Crippen LogP contribution is 2.24. The van der Waals surface area contributed by atoms with E-state index in [-0.39, 0.29) is 17.1 Å². The van der Waals surface area contributed by atoms with E-state index in [0.717, 1.165) is 0 Å². The molecule has 0 unspecified atom stereocenters. The molecule has 0 aliphatic carbocycles. The first-order valence-electron chi connectivity index (χ1n) is 6.96. The van der Waals surface area contributed by atoms with Crippen molar-refractivity contribution in [2.45, 2.75) is 0 Å². The number of nitrogen functional groups attached to an aromatic ring is 2. The van der Waals surface area contributed by atoms with Crippen molar-refractivity contribution in [3.05, 3.63) is 70.4 Å². The fourth-order valence-electron chi connectivity index (χ4n) is 2.25. The molecule has 7 heteroatoms.